The van der Waals surface area contributed by atoms with E-state index in [4.69, 9.17) is 9.26 Å². The highest BCUT2D eigenvalue weighted by molar-refractivity contribution is 9.10. The van der Waals surface area contributed by atoms with E-state index < -0.39 is 5.91 Å². The molecule has 0 aliphatic carbocycles. The summed E-state index contributed by atoms with van der Waals surface area (Å²) in [7, 11) is 0. The summed E-state index contributed by atoms with van der Waals surface area (Å²) in [6.07, 6.45) is 0. The van der Waals surface area contributed by atoms with E-state index in [0.717, 1.165) is 20.3 Å². The molecule has 0 saturated carbocycles. The quantitative estimate of drug-likeness (QED) is 0.388. The van der Waals surface area contributed by atoms with Gasteiger partial charge in [-0.25, -0.2) is 0 Å². The molecule has 2 amide bonds. The summed E-state index contributed by atoms with van der Waals surface area (Å²) in [6.45, 7) is 4.39. The number of aromatic nitrogens is 4. The zero-order chi connectivity index (χ0) is 22.4. The fourth-order valence-electron chi connectivity index (χ4n) is 2.56. The van der Waals surface area contributed by atoms with Crippen LogP contribution in [0.4, 0.5) is 0 Å². The molecule has 2 heterocycles. The Balaban J connectivity index is 1.38. The minimum Gasteiger partial charge on any atom is -0.484 e. The second-order valence-electron chi connectivity index (χ2n) is 6.51. The predicted molar refractivity (Wildman–Crippen MR) is 118 cm³/mol. The molecule has 164 valence electrons. The number of aryl methyl sites for hydroxylation is 1. The highest BCUT2D eigenvalue weighted by atomic mass is 79.9. The maximum atomic E-state index is 12.1. The largest absolute Gasteiger partial charge is 0.484 e. The second kappa shape index (κ2) is 10.5. The molecule has 3 aromatic rings. The van der Waals surface area contributed by atoms with Gasteiger partial charge in [0.2, 0.25) is 0 Å². The minimum atomic E-state index is -0.520. The molecule has 0 saturated heterocycles. The molecule has 3 rings (SSSR count). The van der Waals surface area contributed by atoms with Gasteiger partial charge in [0.15, 0.2) is 12.4 Å². The van der Waals surface area contributed by atoms with Crippen LogP contribution in [0.2, 0.25) is 0 Å². The summed E-state index contributed by atoms with van der Waals surface area (Å²) >= 11 is 6.79. The van der Waals surface area contributed by atoms with Gasteiger partial charge in [-0.15, -0.1) is 0 Å². The summed E-state index contributed by atoms with van der Waals surface area (Å²) in [6, 6.07) is 7.15. The van der Waals surface area contributed by atoms with Gasteiger partial charge in [0, 0.05) is 17.6 Å². The highest BCUT2D eigenvalue weighted by Crippen LogP contribution is 2.20. The first-order valence-electron chi connectivity index (χ1n) is 9.29. The molecular weight excluding hydrogens is 536 g/mol. The number of benzene rings is 1. The van der Waals surface area contributed by atoms with Gasteiger partial charge in [0.05, 0.1) is 15.9 Å². The van der Waals surface area contributed by atoms with E-state index in [1.807, 2.05) is 26.0 Å². The summed E-state index contributed by atoms with van der Waals surface area (Å²) in [4.78, 5) is 28.0. The Kier molecular flexibility index (Phi) is 7.80. The van der Waals surface area contributed by atoms with E-state index in [1.165, 1.54) is 0 Å². The third-order valence-electron chi connectivity index (χ3n) is 4.16. The van der Waals surface area contributed by atoms with E-state index in [1.54, 1.807) is 16.8 Å². The van der Waals surface area contributed by atoms with Crippen LogP contribution in [0.15, 0.2) is 37.7 Å². The molecule has 0 spiro atoms. The molecule has 10 nitrogen and oxygen atoms in total. The molecular formula is C19H20Br2N6O4. The molecule has 2 aromatic heterocycles. The van der Waals surface area contributed by atoms with Crippen LogP contribution < -0.4 is 15.4 Å². The van der Waals surface area contributed by atoms with E-state index >= 15 is 0 Å². The van der Waals surface area contributed by atoms with Crippen LogP contribution in [0.5, 0.6) is 5.75 Å². The molecule has 0 aliphatic rings. The zero-order valence-corrected chi connectivity index (χ0v) is 20.0. The van der Waals surface area contributed by atoms with Crippen molar-refractivity contribution in [3.05, 3.63) is 56.3 Å². The Morgan fingerprint density at radius 1 is 1.13 bits per heavy atom. The standard InChI is InChI=1S/C19H20Br2N6O4/c1-11-17(21)12(2)27(25-11)9-15-24-19(31-26-15)18(29)23-8-7-22-16(28)10-30-14-5-3-13(20)4-6-14/h3-6H,7-10H2,1-2H3,(H,22,28)(H,23,29). The third-order valence-corrected chi connectivity index (χ3v) is 5.84. The van der Waals surface area contributed by atoms with E-state index in [2.05, 4.69) is 57.7 Å². The van der Waals surface area contributed by atoms with Crippen LogP contribution in [0.25, 0.3) is 0 Å². The van der Waals surface area contributed by atoms with Crippen molar-refractivity contribution in [1.29, 1.82) is 0 Å². The number of carbonyl (C=O) groups is 2. The molecule has 1 aromatic carbocycles. The highest BCUT2D eigenvalue weighted by Gasteiger charge is 2.17. The Morgan fingerprint density at radius 3 is 2.52 bits per heavy atom. The lowest BCUT2D eigenvalue weighted by Crippen LogP contribution is -2.36. The van der Waals surface area contributed by atoms with Gasteiger partial charge in [-0.2, -0.15) is 10.1 Å². The van der Waals surface area contributed by atoms with Crippen molar-refractivity contribution in [1.82, 2.24) is 30.6 Å². The number of nitrogens with zero attached hydrogens (tertiary/aromatic N) is 4. The fourth-order valence-corrected chi connectivity index (χ4v) is 3.11. The van der Waals surface area contributed by atoms with Crippen LogP contribution in [-0.2, 0) is 11.3 Å². The normalized spacial score (nSPS) is 10.7. The van der Waals surface area contributed by atoms with Crippen LogP contribution in [0, 0.1) is 13.8 Å². The number of rotatable bonds is 9. The Morgan fingerprint density at radius 2 is 1.84 bits per heavy atom. The van der Waals surface area contributed by atoms with Gasteiger partial charge in [0.25, 0.3) is 5.91 Å². The van der Waals surface area contributed by atoms with Crippen molar-refractivity contribution in [2.24, 2.45) is 0 Å². The average molecular weight is 556 g/mol. The Hall–Kier alpha value is -2.73. The average Bonchev–Trinajstić information content (AvgIpc) is 3.31. The van der Waals surface area contributed by atoms with Crippen molar-refractivity contribution in [2.45, 2.75) is 20.4 Å². The monoisotopic (exact) mass is 554 g/mol. The van der Waals surface area contributed by atoms with Crippen molar-refractivity contribution in [3.8, 4) is 5.75 Å². The molecule has 0 unspecified atom stereocenters. The maximum Gasteiger partial charge on any atom is 0.316 e. The first-order valence-corrected chi connectivity index (χ1v) is 10.9. The second-order valence-corrected chi connectivity index (χ2v) is 8.22. The predicted octanol–water partition coefficient (Wildman–Crippen LogP) is 2.38. The van der Waals surface area contributed by atoms with Crippen molar-refractivity contribution < 1.29 is 18.8 Å². The molecule has 12 heteroatoms. The summed E-state index contributed by atoms with van der Waals surface area (Å²) in [5.74, 6) is -0.0456. The molecule has 0 atom stereocenters. The fraction of sp³-hybridized carbons (Fsp3) is 0.316. The summed E-state index contributed by atoms with van der Waals surface area (Å²) in [5.41, 5.74) is 1.77. The van der Waals surface area contributed by atoms with Crippen LogP contribution in [0.3, 0.4) is 0 Å². The number of amides is 2. The van der Waals surface area contributed by atoms with Gasteiger partial charge in [-0.3, -0.25) is 14.3 Å². The third kappa shape index (κ3) is 6.37. The SMILES string of the molecule is Cc1nn(Cc2noc(C(=O)NCCNC(=O)COc3ccc(Br)cc3)n2)c(C)c1Br. The molecule has 31 heavy (non-hydrogen) atoms. The topological polar surface area (TPSA) is 124 Å². The van der Waals surface area contributed by atoms with Gasteiger partial charge in [0.1, 0.15) is 12.3 Å². The van der Waals surface area contributed by atoms with Gasteiger partial charge in [-0.1, -0.05) is 21.1 Å². The number of hydrogen-bond acceptors (Lipinski definition) is 7. The van der Waals surface area contributed by atoms with Gasteiger partial charge >= 0.3 is 11.8 Å². The minimum absolute atomic E-state index is 0.120. The zero-order valence-electron chi connectivity index (χ0n) is 16.8. The van der Waals surface area contributed by atoms with E-state index in [9.17, 15) is 9.59 Å². The van der Waals surface area contributed by atoms with Crippen LogP contribution in [0.1, 0.15) is 27.9 Å². The van der Waals surface area contributed by atoms with E-state index in [-0.39, 0.29) is 38.0 Å². The number of hydrogen-bond donors (Lipinski definition) is 2. The molecule has 0 aliphatic heterocycles. The van der Waals surface area contributed by atoms with Crippen molar-refractivity contribution in [2.75, 3.05) is 19.7 Å². The smallest absolute Gasteiger partial charge is 0.316 e. The summed E-state index contributed by atoms with van der Waals surface area (Å²) in [5, 5.41) is 13.4. The molecule has 2 N–H and O–H groups in total. The summed E-state index contributed by atoms with van der Waals surface area (Å²) < 4.78 is 13.9. The molecule has 0 radical (unpaired) electrons. The number of carbonyl (C=O) groups excluding carboxylic acids is 2. The molecule has 0 fully saturated rings. The first-order chi connectivity index (χ1) is 14.8. The number of nitrogens with one attached hydrogen (secondary N) is 2. The van der Waals surface area contributed by atoms with Crippen molar-refractivity contribution in [3.63, 3.8) is 0 Å². The maximum absolute atomic E-state index is 12.1. The Bertz CT molecular complexity index is 1060. The van der Waals surface area contributed by atoms with Crippen LogP contribution in [-0.4, -0.2) is 51.4 Å². The number of halogens is 2. The van der Waals surface area contributed by atoms with Crippen LogP contribution >= 0.6 is 31.9 Å². The lowest BCUT2D eigenvalue weighted by Gasteiger charge is -2.07. The van der Waals surface area contributed by atoms with Gasteiger partial charge in [-0.05, 0) is 54.0 Å². The van der Waals surface area contributed by atoms with Crippen molar-refractivity contribution >= 4 is 43.7 Å². The lowest BCUT2D eigenvalue weighted by atomic mass is 10.3. The lowest BCUT2D eigenvalue weighted by molar-refractivity contribution is -0.123. The van der Waals surface area contributed by atoms with Gasteiger partial charge < -0.3 is 19.9 Å². The first kappa shape index (κ1) is 22.9. The van der Waals surface area contributed by atoms with E-state index in [0.29, 0.717) is 11.6 Å². The Labute approximate surface area is 195 Å². The number of ether oxygens (including phenoxy) is 1. The molecule has 0 bridgehead atoms.